The van der Waals surface area contributed by atoms with Crippen LogP contribution < -0.4 is 19.1 Å². The monoisotopic (exact) mass is 585 g/mol. The van der Waals surface area contributed by atoms with Crippen LogP contribution in [-0.4, -0.2) is 74.3 Å². The number of nitrogens with zero attached hydrogens (tertiary/aromatic N) is 1. The van der Waals surface area contributed by atoms with E-state index >= 15 is 0 Å². The maximum absolute atomic E-state index is 13.6. The van der Waals surface area contributed by atoms with Gasteiger partial charge in [0.25, 0.3) is 11.7 Å². The molecule has 3 aromatic carbocycles. The first-order chi connectivity index (χ1) is 20.9. The number of fused-ring (bicyclic) bond motifs is 1. The number of carbonyl (C=O) groups is 2. The van der Waals surface area contributed by atoms with Gasteiger partial charge in [0.1, 0.15) is 37.3 Å². The van der Waals surface area contributed by atoms with Gasteiger partial charge in [-0.25, -0.2) is 0 Å². The minimum absolute atomic E-state index is 0.0377. The smallest absolute Gasteiger partial charge is 0.295 e. The number of amides is 1. The zero-order valence-corrected chi connectivity index (χ0v) is 24.5. The van der Waals surface area contributed by atoms with E-state index < -0.39 is 17.7 Å². The second kappa shape index (κ2) is 12.5. The van der Waals surface area contributed by atoms with E-state index in [0.717, 1.165) is 30.0 Å². The van der Waals surface area contributed by atoms with E-state index in [-0.39, 0.29) is 17.4 Å². The van der Waals surface area contributed by atoms with Crippen LogP contribution in [0.4, 0.5) is 0 Å². The number of aliphatic hydroxyl groups excluding tert-OH is 1. The second-order valence-corrected chi connectivity index (χ2v) is 11.2. The van der Waals surface area contributed by atoms with Crippen LogP contribution in [0.1, 0.15) is 35.2 Å². The summed E-state index contributed by atoms with van der Waals surface area (Å²) in [5.41, 5.74) is 3.17. The van der Waals surface area contributed by atoms with Crippen LogP contribution in [0.25, 0.3) is 5.76 Å². The summed E-state index contributed by atoms with van der Waals surface area (Å²) in [6, 6.07) is 19.8. The Balaban J connectivity index is 1.36. The van der Waals surface area contributed by atoms with Crippen molar-refractivity contribution in [3.63, 3.8) is 0 Å². The number of hydrogen-bond acceptors (Lipinski definition) is 7. The first-order valence-electron chi connectivity index (χ1n) is 14.8. The van der Waals surface area contributed by atoms with Crippen molar-refractivity contribution in [1.29, 1.82) is 0 Å². The Hall–Kier alpha value is -4.34. The minimum atomic E-state index is -0.791. The van der Waals surface area contributed by atoms with Crippen LogP contribution in [0, 0.1) is 0 Å². The average Bonchev–Trinajstić information content (AvgIpc) is 3.54. The largest absolute Gasteiger partial charge is 0.507 e. The number of benzene rings is 3. The number of hydrogen-bond donors (Lipinski definition) is 2. The SMILES string of the molecule is COc1cc([C@@H]2C(=C(O)c3ccc4c(c3)C[C@@H](C)O4)C(=O)C(=O)N2CC[NH+]2CCOCC2)ccc1OCc1ccccc1. The van der Waals surface area contributed by atoms with Gasteiger partial charge in [-0.2, -0.15) is 0 Å². The highest BCUT2D eigenvalue weighted by Gasteiger charge is 2.46. The van der Waals surface area contributed by atoms with Crippen molar-refractivity contribution in [3.05, 3.63) is 94.6 Å². The standard InChI is InChI=1S/C34H36N2O7/c1-22-18-26-19-25(9-10-27(26)43-22)32(37)30-31(36(34(39)33(30)38)13-12-35-14-16-41-17-15-35)24-8-11-28(29(20-24)40-2)42-21-23-6-4-3-5-7-23/h3-11,19-20,22,31,37H,12-18,21H2,1-2H3/p+1/t22-,31-/m1/s1. The van der Waals surface area contributed by atoms with E-state index in [2.05, 4.69) is 0 Å². The third-order valence-corrected chi connectivity index (χ3v) is 8.36. The third kappa shape index (κ3) is 5.96. The fraction of sp³-hybridized carbons (Fsp3) is 0.353. The molecule has 2 N–H and O–H groups in total. The molecule has 0 spiro atoms. The molecule has 0 aliphatic carbocycles. The van der Waals surface area contributed by atoms with E-state index in [4.69, 9.17) is 18.9 Å². The highest BCUT2D eigenvalue weighted by molar-refractivity contribution is 6.46. The lowest BCUT2D eigenvalue weighted by molar-refractivity contribution is -0.907. The lowest BCUT2D eigenvalue weighted by atomic mass is 9.94. The third-order valence-electron chi connectivity index (χ3n) is 8.36. The molecule has 3 heterocycles. The van der Waals surface area contributed by atoms with Gasteiger partial charge in [0, 0.05) is 12.0 Å². The van der Waals surface area contributed by atoms with Crippen LogP contribution in [0.3, 0.4) is 0 Å². The lowest BCUT2D eigenvalue weighted by Crippen LogP contribution is -3.14. The molecule has 43 heavy (non-hydrogen) atoms. The number of methoxy groups -OCH3 is 1. The molecule has 2 saturated heterocycles. The van der Waals surface area contributed by atoms with Crippen LogP contribution >= 0.6 is 0 Å². The number of aliphatic hydroxyl groups is 1. The van der Waals surface area contributed by atoms with Gasteiger partial charge in [0.2, 0.25) is 0 Å². The molecule has 0 radical (unpaired) electrons. The first kappa shape index (κ1) is 28.8. The van der Waals surface area contributed by atoms with Crippen LogP contribution in [0.2, 0.25) is 0 Å². The highest BCUT2D eigenvalue weighted by Crippen LogP contribution is 2.42. The molecule has 0 bridgehead atoms. The van der Waals surface area contributed by atoms with Crippen LogP contribution in [0.15, 0.2) is 72.3 Å². The Morgan fingerprint density at radius 1 is 1.02 bits per heavy atom. The van der Waals surface area contributed by atoms with Crippen molar-refractivity contribution >= 4 is 17.4 Å². The van der Waals surface area contributed by atoms with Gasteiger partial charge in [-0.3, -0.25) is 9.59 Å². The fourth-order valence-corrected chi connectivity index (χ4v) is 6.08. The molecule has 3 aliphatic heterocycles. The summed E-state index contributed by atoms with van der Waals surface area (Å²) >= 11 is 0. The van der Waals surface area contributed by atoms with Crippen molar-refractivity contribution in [3.8, 4) is 17.2 Å². The molecule has 3 aliphatic rings. The van der Waals surface area contributed by atoms with Gasteiger partial charge in [0.15, 0.2) is 11.5 Å². The summed E-state index contributed by atoms with van der Waals surface area (Å²) < 4.78 is 23.1. The van der Waals surface area contributed by atoms with Gasteiger partial charge in [0.05, 0.1) is 45.0 Å². The van der Waals surface area contributed by atoms with Crippen LogP contribution in [-0.2, 0) is 27.4 Å². The molecule has 2 atom stereocenters. The lowest BCUT2D eigenvalue weighted by Gasteiger charge is -2.29. The van der Waals surface area contributed by atoms with E-state index in [0.29, 0.717) is 62.0 Å². The van der Waals surface area contributed by atoms with Gasteiger partial charge in [-0.1, -0.05) is 36.4 Å². The number of quaternary nitrogens is 1. The molecule has 0 aromatic heterocycles. The number of likely N-dealkylation sites (tertiary alicyclic amines) is 1. The number of ether oxygens (including phenoxy) is 4. The van der Waals surface area contributed by atoms with E-state index in [1.165, 1.54) is 4.90 Å². The number of Topliss-reactive ketones (excluding diaryl/α,β-unsaturated/α-hetero) is 1. The van der Waals surface area contributed by atoms with Crippen molar-refractivity contribution < 1.29 is 38.5 Å². The van der Waals surface area contributed by atoms with Crippen molar-refractivity contribution in [1.82, 2.24) is 4.90 Å². The van der Waals surface area contributed by atoms with E-state index in [1.54, 1.807) is 30.2 Å². The Morgan fingerprint density at radius 2 is 1.81 bits per heavy atom. The molecule has 3 aromatic rings. The Kier molecular flexibility index (Phi) is 8.35. The van der Waals surface area contributed by atoms with Crippen molar-refractivity contribution in [2.24, 2.45) is 0 Å². The zero-order chi connectivity index (χ0) is 29.9. The molecule has 9 heteroatoms. The van der Waals surface area contributed by atoms with Gasteiger partial charge in [-0.05, 0) is 53.9 Å². The molecular formula is C34H37N2O7+. The maximum Gasteiger partial charge on any atom is 0.295 e. The quantitative estimate of drug-likeness (QED) is 0.226. The van der Waals surface area contributed by atoms with E-state index in [1.807, 2.05) is 55.5 Å². The maximum atomic E-state index is 13.6. The molecule has 2 fully saturated rings. The molecule has 0 unspecified atom stereocenters. The topological polar surface area (TPSA) is 99.0 Å². The van der Waals surface area contributed by atoms with E-state index in [9.17, 15) is 14.7 Å². The number of rotatable bonds is 9. The van der Waals surface area contributed by atoms with Gasteiger partial charge in [-0.15, -0.1) is 0 Å². The average molecular weight is 586 g/mol. The normalized spacial score (nSPS) is 21.5. The predicted octanol–water partition coefficient (Wildman–Crippen LogP) is 2.93. The molecule has 6 rings (SSSR count). The number of nitrogens with one attached hydrogen (secondary N) is 1. The minimum Gasteiger partial charge on any atom is -0.507 e. The number of morpholine rings is 1. The summed E-state index contributed by atoms with van der Waals surface area (Å²) in [5, 5.41) is 11.6. The molecule has 0 saturated carbocycles. The molecule has 9 nitrogen and oxygen atoms in total. The summed E-state index contributed by atoms with van der Waals surface area (Å²) in [6.45, 7) is 6.37. The summed E-state index contributed by atoms with van der Waals surface area (Å²) in [4.78, 5) is 30.0. The zero-order valence-electron chi connectivity index (χ0n) is 24.5. The van der Waals surface area contributed by atoms with Crippen molar-refractivity contribution in [2.45, 2.75) is 32.1 Å². The fourth-order valence-electron chi connectivity index (χ4n) is 6.08. The molecule has 1 amide bonds. The summed E-state index contributed by atoms with van der Waals surface area (Å²) in [6.07, 6.45) is 0.744. The number of carbonyl (C=O) groups excluding carboxylic acids is 2. The molecule has 224 valence electrons. The van der Waals surface area contributed by atoms with Gasteiger partial charge < -0.3 is 33.9 Å². The predicted molar refractivity (Wildman–Crippen MR) is 159 cm³/mol. The van der Waals surface area contributed by atoms with Crippen LogP contribution in [0.5, 0.6) is 17.2 Å². The Bertz CT molecular complexity index is 1530. The second-order valence-electron chi connectivity index (χ2n) is 11.2. The van der Waals surface area contributed by atoms with Crippen molar-refractivity contribution in [2.75, 3.05) is 46.5 Å². The number of ketones is 1. The first-order valence-corrected chi connectivity index (χ1v) is 14.8. The van der Waals surface area contributed by atoms with Gasteiger partial charge >= 0.3 is 0 Å². The Morgan fingerprint density at radius 3 is 2.58 bits per heavy atom. The summed E-state index contributed by atoms with van der Waals surface area (Å²) in [7, 11) is 1.56. The summed E-state index contributed by atoms with van der Waals surface area (Å²) in [5.74, 6) is 0.258. The molecular weight excluding hydrogens is 548 g/mol. The Labute approximate surface area is 251 Å². The highest BCUT2D eigenvalue weighted by atomic mass is 16.5.